The molecular formula is C6H6BNO2. The van der Waals surface area contributed by atoms with E-state index in [1.165, 1.54) is 0 Å². The molecule has 1 aromatic rings. The number of rotatable bonds is 2. The Morgan fingerprint density at radius 2 is 2.50 bits per heavy atom. The number of aryl methyl sites for hydroxylation is 1. The first-order chi connectivity index (χ1) is 4.74. The smallest absolute Gasteiger partial charge is 0.190 e. The second-order valence-electron chi connectivity index (χ2n) is 1.91. The first kappa shape index (κ1) is 7.06. The molecule has 0 amide bonds. The zero-order chi connectivity index (χ0) is 7.56. The lowest BCUT2D eigenvalue weighted by molar-refractivity contribution is -0.107. The minimum atomic E-state index is 0.201. The highest BCUT2D eigenvalue weighted by Crippen LogP contribution is 1.97. The molecule has 2 radical (unpaired) electrons. The van der Waals surface area contributed by atoms with Crippen molar-refractivity contribution in [3.63, 3.8) is 0 Å². The van der Waals surface area contributed by atoms with Crippen LogP contribution in [0, 0.1) is 6.92 Å². The van der Waals surface area contributed by atoms with Gasteiger partial charge in [-0.25, -0.2) is 4.98 Å². The van der Waals surface area contributed by atoms with Crippen molar-refractivity contribution >= 4 is 19.7 Å². The normalized spacial score (nSPS) is 9.70. The molecule has 0 N–H and O–H groups in total. The lowest BCUT2D eigenvalue weighted by Gasteiger charge is -1.85. The maximum absolute atomic E-state index is 9.99. The predicted octanol–water partition coefficient (Wildman–Crippen LogP) is -0.482. The van der Waals surface area contributed by atoms with Crippen molar-refractivity contribution in [1.82, 2.24) is 4.98 Å². The Morgan fingerprint density at radius 3 is 2.90 bits per heavy atom. The summed E-state index contributed by atoms with van der Waals surface area (Å²) < 4.78 is 4.99. The van der Waals surface area contributed by atoms with Crippen LogP contribution in [-0.2, 0) is 11.2 Å². The minimum absolute atomic E-state index is 0.201. The van der Waals surface area contributed by atoms with Gasteiger partial charge in [0.1, 0.15) is 19.9 Å². The van der Waals surface area contributed by atoms with Crippen LogP contribution in [0.25, 0.3) is 0 Å². The van der Waals surface area contributed by atoms with E-state index in [0.29, 0.717) is 17.2 Å². The second kappa shape index (κ2) is 2.69. The highest BCUT2D eigenvalue weighted by molar-refractivity contribution is 6.31. The number of oxazole rings is 1. The number of hydrogen-bond acceptors (Lipinski definition) is 3. The largest absolute Gasteiger partial charge is 0.446 e. The molecule has 0 saturated heterocycles. The standard InChI is InChI=1S/C6H6BNO2/c1-4-8-6(7)5(10-4)2-3-9/h3H,2H2,1H3. The Kier molecular flexibility index (Phi) is 1.90. The highest BCUT2D eigenvalue weighted by atomic mass is 16.4. The van der Waals surface area contributed by atoms with Crippen molar-refractivity contribution < 1.29 is 9.21 Å². The Balaban J connectivity index is 2.91. The first-order valence-electron chi connectivity index (χ1n) is 2.89. The molecule has 0 aliphatic rings. The summed E-state index contributed by atoms with van der Waals surface area (Å²) in [4.78, 5) is 13.8. The average Bonchev–Trinajstić information content (AvgIpc) is 2.13. The van der Waals surface area contributed by atoms with Gasteiger partial charge >= 0.3 is 0 Å². The maximum atomic E-state index is 9.99. The van der Waals surface area contributed by atoms with E-state index in [4.69, 9.17) is 12.3 Å². The molecule has 10 heavy (non-hydrogen) atoms. The van der Waals surface area contributed by atoms with Crippen molar-refractivity contribution in [3.05, 3.63) is 11.7 Å². The fourth-order valence-corrected chi connectivity index (χ4v) is 0.707. The fourth-order valence-electron chi connectivity index (χ4n) is 0.707. The monoisotopic (exact) mass is 135 g/mol. The third kappa shape index (κ3) is 1.26. The predicted molar refractivity (Wildman–Crippen MR) is 36.4 cm³/mol. The number of aromatic nitrogens is 1. The summed E-state index contributed by atoms with van der Waals surface area (Å²) in [5.74, 6) is 0.946. The van der Waals surface area contributed by atoms with Gasteiger partial charge in [-0.15, -0.1) is 0 Å². The Hall–Kier alpha value is -1.06. The molecule has 0 spiro atoms. The molecule has 0 atom stereocenters. The van der Waals surface area contributed by atoms with Crippen LogP contribution in [0.2, 0.25) is 0 Å². The number of carbonyl (C=O) groups excluding carboxylic acids is 1. The zero-order valence-electron chi connectivity index (χ0n) is 5.63. The molecule has 3 nitrogen and oxygen atoms in total. The molecule has 0 fully saturated rings. The van der Waals surface area contributed by atoms with E-state index < -0.39 is 0 Å². The van der Waals surface area contributed by atoms with Crippen LogP contribution < -0.4 is 5.59 Å². The molecule has 1 rings (SSSR count). The second-order valence-corrected chi connectivity index (χ2v) is 1.91. The Morgan fingerprint density at radius 1 is 1.80 bits per heavy atom. The zero-order valence-corrected chi connectivity index (χ0v) is 5.63. The van der Waals surface area contributed by atoms with Crippen molar-refractivity contribution in [2.75, 3.05) is 0 Å². The molecule has 0 saturated carbocycles. The molecule has 4 heteroatoms. The highest BCUT2D eigenvalue weighted by Gasteiger charge is 2.03. The van der Waals surface area contributed by atoms with E-state index in [9.17, 15) is 4.79 Å². The van der Waals surface area contributed by atoms with Crippen LogP contribution in [-0.4, -0.2) is 19.1 Å². The van der Waals surface area contributed by atoms with Crippen LogP contribution in [0.4, 0.5) is 0 Å². The van der Waals surface area contributed by atoms with Gasteiger partial charge in [-0.1, -0.05) is 0 Å². The van der Waals surface area contributed by atoms with Crippen molar-refractivity contribution in [2.24, 2.45) is 0 Å². The first-order valence-corrected chi connectivity index (χ1v) is 2.89. The van der Waals surface area contributed by atoms with E-state index in [2.05, 4.69) is 4.98 Å². The van der Waals surface area contributed by atoms with Crippen LogP contribution in [0.3, 0.4) is 0 Å². The van der Waals surface area contributed by atoms with Crippen molar-refractivity contribution in [3.8, 4) is 0 Å². The summed E-state index contributed by atoms with van der Waals surface area (Å²) >= 11 is 0. The Bertz CT molecular complexity index is 244. The van der Waals surface area contributed by atoms with Gasteiger partial charge in [-0.3, -0.25) is 0 Å². The fraction of sp³-hybridized carbons (Fsp3) is 0.333. The number of aldehydes is 1. The van der Waals surface area contributed by atoms with Gasteiger partial charge in [-0.2, -0.15) is 0 Å². The van der Waals surface area contributed by atoms with Gasteiger partial charge in [0.05, 0.1) is 6.42 Å². The topological polar surface area (TPSA) is 43.1 Å². The third-order valence-electron chi connectivity index (χ3n) is 1.10. The molecule has 1 aromatic heterocycles. The number of hydrogen-bond donors (Lipinski definition) is 0. The van der Waals surface area contributed by atoms with Crippen molar-refractivity contribution in [1.29, 1.82) is 0 Å². The van der Waals surface area contributed by atoms with E-state index in [0.717, 1.165) is 6.29 Å². The summed E-state index contributed by atoms with van der Waals surface area (Å²) in [6.07, 6.45) is 0.934. The molecule has 0 unspecified atom stereocenters. The van der Waals surface area contributed by atoms with E-state index >= 15 is 0 Å². The molecule has 0 aliphatic heterocycles. The molecule has 1 heterocycles. The molecular weight excluding hydrogens is 129 g/mol. The van der Waals surface area contributed by atoms with E-state index in [1.807, 2.05) is 0 Å². The van der Waals surface area contributed by atoms with Crippen LogP contribution in [0.15, 0.2) is 4.42 Å². The van der Waals surface area contributed by atoms with E-state index in [1.54, 1.807) is 6.92 Å². The average molecular weight is 135 g/mol. The summed E-state index contributed by atoms with van der Waals surface area (Å²) in [5.41, 5.74) is 0.310. The van der Waals surface area contributed by atoms with Crippen LogP contribution in [0.5, 0.6) is 0 Å². The molecule has 0 aliphatic carbocycles. The number of carbonyl (C=O) groups is 1. The van der Waals surface area contributed by atoms with Crippen LogP contribution in [0.1, 0.15) is 11.7 Å². The molecule has 50 valence electrons. The van der Waals surface area contributed by atoms with Crippen molar-refractivity contribution in [2.45, 2.75) is 13.3 Å². The lowest BCUT2D eigenvalue weighted by Crippen LogP contribution is -2.09. The third-order valence-corrected chi connectivity index (χ3v) is 1.10. The van der Waals surface area contributed by atoms with Gasteiger partial charge in [0.15, 0.2) is 5.89 Å². The summed E-state index contributed by atoms with van der Waals surface area (Å²) in [5, 5.41) is 0. The number of nitrogens with zero attached hydrogens (tertiary/aromatic N) is 1. The summed E-state index contributed by atoms with van der Waals surface area (Å²) in [6.45, 7) is 1.69. The molecule has 0 aromatic carbocycles. The van der Waals surface area contributed by atoms with Gasteiger partial charge in [0, 0.05) is 12.5 Å². The quantitative estimate of drug-likeness (QED) is 0.406. The Labute approximate surface area is 59.9 Å². The van der Waals surface area contributed by atoms with Gasteiger partial charge in [-0.05, 0) is 0 Å². The van der Waals surface area contributed by atoms with Gasteiger partial charge < -0.3 is 9.21 Å². The van der Waals surface area contributed by atoms with E-state index in [-0.39, 0.29) is 6.42 Å². The van der Waals surface area contributed by atoms with Gasteiger partial charge in [0.25, 0.3) is 0 Å². The summed E-state index contributed by atoms with van der Waals surface area (Å²) in [7, 11) is 5.36. The minimum Gasteiger partial charge on any atom is -0.446 e. The lowest BCUT2D eigenvalue weighted by atomic mass is 10.0. The molecule has 0 bridgehead atoms. The SMILES string of the molecule is [B]c1nc(C)oc1CC=O. The van der Waals surface area contributed by atoms with Crippen LogP contribution >= 0.6 is 0 Å². The maximum Gasteiger partial charge on any atom is 0.190 e. The summed E-state index contributed by atoms with van der Waals surface area (Å²) in [6, 6.07) is 0. The van der Waals surface area contributed by atoms with Gasteiger partial charge in [0.2, 0.25) is 0 Å².